The molecular formula is C13H21FO2. The zero-order valence-electron chi connectivity index (χ0n) is 10.9. The molecule has 0 aliphatic carbocycles. The third kappa shape index (κ3) is 5.49. The van der Waals surface area contributed by atoms with Crippen molar-refractivity contribution >= 4 is 5.97 Å². The van der Waals surface area contributed by atoms with Gasteiger partial charge in [-0.25, -0.2) is 9.18 Å². The minimum Gasteiger partial charge on any atom is -0.465 e. The highest BCUT2D eigenvalue weighted by Crippen LogP contribution is 2.09. The molecule has 3 heteroatoms. The Morgan fingerprint density at radius 1 is 1.19 bits per heavy atom. The van der Waals surface area contributed by atoms with Crippen LogP contribution in [0.5, 0.6) is 0 Å². The molecule has 0 unspecified atom stereocenters. The maximum Gasteiger partial charge on any atom is 0.337 e. The van der Waals surface area contributed by atoms with E-state index in [-0.39, 0.29) is 5.56 Å². The Bertz CT molecular complexity index is 309. The summed E-state index contributed by atoms with van der Waals surface area (Å²) in [7, 11) is 1.26. The van der Waals surface area contributed by atoms with Crippen LogP contribution in [0.1, 0.15) is 43.6 Å². The van der Waals surface area contributed by atoms with E-state index in [1.54, 1.807) is 13.0 Å². The number of ether oxygens (including phenoxy) is 1. The molecule has 16 heavy (non-hydrogen) atoms. The van der Waals surface area contributed by atoms with Crippen molar-refractivity contribution in [2.45, 2.75) is 34.6 Å². The van der Waals surface area contributed by atoms with Crippen LogP contribution < -0.4 is 0 Å². The van der Waals surface area contributed by atoms with Crippen LogP contribution in [0, 0.1) is 12.7 Å². The first-order valence-corrected chi connectivity index (χ1v) is 5.49. The molecule has 0 aliphatic heterocycles. The van der Waals surface area contributed by atoms with E-state index in [9.17, 15) is 9.18 Å². The zero-order valence-corrected chi connectivity index (χ0v) is 10.9. The van der Waals surface area contributed by atoms with E-state index in [2.05, 4.69) is 4.74 Å². The van der Waals surface area contributed by atoms with E-state index in [4.69, 9.17) is 0 Å². The van der Waals surface area contributed by atoms with Gasteiger partial charge >= 0.3 is 5.97 Å². The second kappa shape index (κ2) is 10.1. The first-order chi connectivity index (χ1) is 7.65. The molecule has 0 heterocycles. The number of carbonyl (C=O) groups excluding carboxylic acids is 1. The van der Waals surface area contributed by atoms with Gasteiger partial charge in [-0.05, 0) is 24.6 Å². The monoisotopic (exact) mass is 228 g/mol. The number of methoxy groups -OCH3 is 1. The van der Waals surface area contributed by atoms with Gasteiger partial charge in [0.05, 0.1) is 12.7 Å². The van der Waals surface area contributed by atoms with Crippen LogP contribution in [0.4, 0.5) is 4.39 Å². The summed E-state index contributed by atoms with van der Waals surface area (Å²) >= 11 is 0. The zero-order chi connectivity index (χ0) is 13.1. The number of aryl methyl sites for hydroxylation is 1. The molecule has 0 amide bonds. The molecule has 0 fully saturated rings. The lowest BCUT2D eigenvalue weighted by molar-refractivity contribution is 0.0600. The van der Waals surface area contributed by atoms with Crippen molar-refractivity contribution in [2.24, 2.45) is 0 Å². The Labute approximate surface area is 97.4 Å². The molecule has 1 aromatic rings. The van der Waals surface area contributed by atoms with Crippen molar-refractivity contribution in [2.75, 3.05) is 7.11 Å². The van der Waals surface area contributed by atoms with Gasteiger partial charge in [0, 0.05) is 0 Å². The molecule has 0 bridgehead atoms. The summed E-state index contributed by atoms with van der Waals surface area (Å²) in [5, 5.41) is 0. The fourth-order valence-electron chi connectivity index (χ4n) is 0.838. The predicted octanol–water partition coefficient (Wildman–Crippen LogP) is 3.97. The third-order valence-corrected chi connectivity index (χ3v) is 1.59. The molecule has 0 aromatic heterocycles. The number of carbonyl (C=O) groups is 1. The van der Waals surface area contributed by atoms with Gasteiger partial charge < -0.3 is 4.74 Å². The highest BCUT2D eigenvalue weighted by Gasteiger charge is 2.06. The molecule has 0 spiro atoms. The second-order valence-electron chi connectivity index (χ2n) is 2.46. The topological polar surface area (TPSA) is 26.3 Å². The number of benzene rings is 1. The van der Waals surface area contributed by atoms with E-state index >= 15 is 0 Å². The molecule has 92 valence electrons. The Morgan fingerprint density at radius 2 is 1.69 bits per heavy atom. The van der Waals surface area contributed by atoms with Crippen molar-refractivity contribution < 1.29 is 13.9 Å². The van der Waals surface area contributed by atoms with E-state index < -0.39 is 11.8 Å². The minimum absolute atomic E-state index is 0.237. The number of halogens is 1. The summed E-state index contributed by atoms with van der Waals surface area (Å²) in [5.41, 5.74) is 0.753. The van der Waals surface area contributed by atoms with Crippen molar-refractivity contribution in [1.82, 2.24) is 0 Å². The lowest BCUT2D eigenvalue weighted by Crippen LogP contribution is -2.01. The maximum absolute atomic E-state index is 12.9. The molecule has 0 saturated carbocycles. The Morgan fingerprint density at radius 3 is 2.06 bits per heavy atom. The van der Waals surface area contributed by atoms with Gasteiger partial charge in [-0.1, -0.05) is 33.8 Å². The first-order valence-electron chi connectivity index (χ1n) is 5.49. The molecule has 0 N–H and O–H groups in total. The fraction of sp³-hybridized carbons (Fsp3) is 0.462. The van der Waals surface area contributed by atoms with Crippen LogP contribution in [-0.4, -0.2) is 13.1 Å². The normalized spacial score (nSPS) is 7.94. The van der Waals surface area contributed by atoms with Gasteiger partial charge in [-0.3, -0.25) is 0 Å². The van der Waals surface area contributed by atoms with Crippen molar-refractivity contribution in [3.8, 4) is 0 Å². The number of hydrogen-bond acceptors (Lipinski definition) is 2. The van der Waals surface area contributed by atoms with Gasteiger partial charge in [0.25, 0.3) is 0 Å². The first kappa shape index (κ1) is 17.0. The van der Waals surface area contributed by atoms with E-state index in [0.717, 1.165) is 0 Å². The number of rotatable bonds is 1. The van der Waals surface area contributed by atoms with Crippen LogP contribution in [0.3, 0.4) is 0 Å². The SMILES string of the molecule is CC.CC.COC(=O)c1ccc(C)c(F)c1. The van der Waals surface area contributed by atoms with Gasteiger partial charge in [0.15, 0.2) is 0 Å². The van der Waals surface area contributed by atoms with Crippen LogP contribution >= 0.6 is 0 Å². The van der Waals surface area contributed by atoms with Crippen LogP contribution in [-0.2, 0) is 4.74 Å². The summed E-state index contributed by atoms with van der Waals surface area (Å²) < 4.78 is 17.3. The summed E-state index contributed by atoms with van der Waals surface area (Å²) in [4.78, 5) is 10.9. The molecule has 0 atom stereocenters. The highest BCUT2D eigenvalue weighted by atomic mass is 19.1. The lowest BCUT2D eigenvalue weighted by atomic mass is 10.1. The van der Waals surface area contributed by atoms with Crippen molar-refractivity contribution in [3.63, 3.8) is 0 Å². The quantitative estimate of drug-likeness (QED) is 0.680. The smallest absolute Gasteiger partial charge is 0.337 e. The second-order valence-corrected chi connectivity index (χ2v) is 2.46. The largest absolute Gasteiger partial charge is 0.465 e. The van der Waals surface area contributed by atoms with Gasteiger partial charge in [-0.2, -0.15) is 0 Å². The maximum atomic E-state index is 12.9. The Balaban J connectivity index is 0. The average molecular weight is 228 g/mol. The van der Waals surface area contributed by atoms with Crippen LogP contribution in [0.2, 0.25) is 0 Å². The summed E-state index contributed by atoms with van der Waals surface area (Å²) in [6, 6.07) is 4.24. The van der Waals surface area contributed by atoms with Crippen LogP contribution in [0.15, 0.2) is 18.2 Å². The van der Waals surface area contributed by atoms with Crippen LogP contribution in [0.25, 0.3) is 0 Å². The lowest BCUT2D eigenvalue weighted by Gasteiger charge is -2.00. The minimum atomic E-state index is -0.520. The Kier molecular flexibility index (Phi) is 10.8. The van der Waals surface area contributed by atoms with E-state index in [1.807, 2.05) is 27.7 Å². The van der Waals surface area contributed by atoms with Crippen molar-refractivity contribution in [3.05, 3.63) is 35.1 Å². The van der Waals surface area contributed by atoms with Gasteiger partial charge in [0.2, 0.25) is 0 Å². The molecule has 0 radical (unpaired) electrons. The number of hydrogen-bond donors (Lipinski definition) is 0. The highest BCUT2D eigenvalue weighted by molar-refractivity contribution is 5.89. The Hall–Kier alpha value is -1.38. The molecule has 1 rings (SSSR count). The molecule has 1 aromatic carbocycles. The van der Waals surface area contributed by atoms with E-state index in [0.29, 0.717) is 5.56 Å². The fourth-order valence-corrected chi connectivity index (χ4v) is 0.838. The van der Waals surface area contributed by atoms with Gasteiger partial charge in [0.1, 0.15) is 5.82 Å². The number of esters is 1. The standard InChI is InChI=1S/C9H9FO2.2C2H6/c1-6-3-4-7(5-8(6)10)9(11)12-2;2*1-2/h3-5H,1-2H3;2*1-2H3. The molecular weight excluding hydrogens is 207 g/mol. The average Bonchev–Trinajstić information content (AvgIpc) is 2.36. The third-order valence-electron chi connectivity index (χ3n) is 1.59. The molecule has 2 nitrogen and oxygen atoms in total. The summed E-state index contributed by atoms with van der Waals surface area (Å²) in [6.45, 7) is 9.64. The van der Waals surface area contributed by atoms with E-state index in [1.165, 1.54) is 19.2 Å². The summed E-state index contributed by atoms with van der Waals surface area (Å²) in [5.74, 6) is -0.910. The molecule has 0 saturated heterocycles. The molecule has 0 aliphatic rings. The van der Waals surface area contributed by atoms with Gasteiger partial charge in [-0.15, -0.1) is 0 Å². The predicted molar refractivity (Wildman–Crippen MR) is 65.2 cm³/mol. The summed E-state index contributed by atoms with van der Waals surface area (Å²) in [6.07, 6.45) is 0. The van der Waals surface area contributed by atoms with Crippen molar-refractivity contribution in [1.29, 1.82) is 0 Å².